The van der Waals surface area contributed by atoms with Gasteiger partial charge in [0, 0.05) is 31.7 Å². The molecule has 7 nitrogen and oxygen atoms in total. The number of hydrogen-bond donors (Lipinski definition) is 0. The summed E-state index contributed by atoms with van der Waals surface area (Å²) in [7, 11) is 1.60. The molecule has 33 heavy (non-hydrogen) atoms. The molecule has 1 saturated heterocycles. The molecule has 0 saturated carbocycles. The van der Waals surface area contributed by atoms with Crippen molar-refractivity contribution in [3.05, 3.63) is 74.6 Å². The van der Waals surface area contributed by atoms with Crippen LogP contribution in [0.3, 0.4) is 0 Å². The van der Waals surface area contributed by atoms with E-state index in [2.05, 4.69) is 4.90 Å². The Kier molecular flexibility index (Phi) is 5.68. The summed E-state index contributed by atoms with van der Waals surface area (Å²) in [4.78, 5) is 31.4. The minimum absolute atomic E-state index is 0.133. The zero-order valence-electron chi connectivity index (χ0n) is 19.2. The van der Waals surface area contributed by atoms with Gasteiger partial charge in [-0.2, -0.15) is 0 Å². The van der Waals surface area contributed by atoms with Crippen molar-refractivity contribution >= 4 is 16.9 Å². The Bertz CT molecular complexity index is 1280. The Balaban J connectivity index is 1.65. The Morgan fingerprint density at radius 1 is 1.03 bits per heavy atom. The minimum Gasteiger partial charge on any atom is -0.496 e. The average Bonchev–Trinajstić information content (AvgIpc) is 3.11. The molecule has 0 radical (unpaired) electrons. The van der Waals surface area contributed by atoms with Crippen molar-refractivity contribution in [2.75, 3.05) is 46.5 Å². The van der Waals surface area contributed by atoms with Crippen LogP contribution in [0.2, 0.25) is 0 Å². The number of carbonyl (C=O) groups excluding carboxylic acids is 1. The number of nitrogens with zero attached hydrogens (tertiary/aromatic N) is 2. The van der Waals surface area contributed by atoms with E-state index in [1.54, 1.807) is 12.0 Å². The highest BCUT2D eigenvalue weighted by Crippen LogP contribution is 2.41. The molecule has 1 amide bonds. The Morgan fingerprint density at radius 2 is 1.76 bits per heavy atom. The van der Waals surface area contributed by atoms with Crippen molar-refractivity contribution in [2.45, 2.75) is 19.9 Å². The lowest BCUT2D eigenvalue weighted by molar-refractivity contribution is 0.0314. The third-order valence-corrected chi connectivity index (χ3v) is 6.78. The molecule has 2 aliphatic heterocycles. The van der Waals surface area contributed by atoms with E-state index in [4.69, 9.17) is 13.9 Å². The molecule has 0 spiro atoms. The number of fused-ring (bicyclic) bond motifs is 2. The first kappa shape index (κ1) is 21.7. The SMILES string of the molecule is COc1ccccc1[C@@H]1c2c(oc3cc(C)c(C)cc3c2=O)C(=O)N1CCN1CCOCC1. The number of ether oxygens (including phenoxy) is 2. The molecule has 0 N–H and O–H groups in total. The first-order valence-corrected chi connectivity index (χ1v) is 11.3. The Labute approximate surface area is 192 Å². The summed E-state index contributed by atoms with van der Waals surface area (Å²) in [6.07, 6.45) is 0. The van der Waals surface area contributed by atoms with Gasteiger partial charge in [-0.15, -0.1) is 0 Å². The normalized spacial score (nSPS) is 18.7. The second-order valence-electron chi connectivity index (χ2n) is 8.70. The fourth-order valence-corrected chi connectivity index (χ4v) is 4.80. The number of morpholine rings is 1. The molecular formula is C26H28N2O5. The first-order valence-electron chi connectivity index (χ1n) is 11.3. The van der Waals surface area contributed by atoms with Crippen LogP contribution in [-0.2, 0) is 4.74 Å². The number of amides is 1. The monoisotopic (exact) mass is 448 g/mol. The highest BCUT2D eigenvalue weighted by atomic mass is 16.5. The number of carbonyl (C=O) groups is 1. The van der Waals surface area contributed by atoms with Gasteiger partial charge in [-0.1, -0.05) is 18.2 Å². The summed E-state index contributed by atoms with van der Waals surface area (Å²) in [5, 5.41) is 0.500. The molecule has 1 atom stereocenters. The fraction of sp³-hybridized carbons (Fsp3) is 0.385. The Hall–Kier alpha value is -3.16. The van der Waals surface area contributed by atoms with Crippen LogP contribution in [0.4, 0.5) is 0 Å². The smallest absolute Gasteiger partial charge is 0.290 e. The number of hydrogen-bond acceptors (Lipinski definition) is 6. The summed E-state index contributed by atoms with van der Waals surface area (Å²) >= 11 is 0. The lowest BCUT2D eigenvalue weighted by Gasteiger charge is -2.31. The lowest BCUT2D eigenvalue weighted by Crippen LogP contribution is -2.42. The molecule has 0 bridgehead atoms. The molecule has 0 aliphatic carbocycles. The number of para-hydroxylation sites is 1. The summed E-state index contributed by atoms with van der Waals surface area (Å²) < 4.78 is 17.2. The molecule has 172 valence electrons. The molecule has 5 rings (SSSR count). The predicted octanol–water partition coefficient (Wildman–Crippen LogP) is 3.30. The van der Waals surface area contributed by atoms with Gasteiger partial charge in [-0.3, -0.25) is 14.5 Å². The third-order valence-electron chi connectivity index (χ3n) is 6.78. The van der Waals surface area contributed by atoms with Crippen LogP contribution in [0, 0.1) is 13.8 Å². The summed E-state index contributed by atoms with van der Waals surface area (Å²) in [6.45, 7) is 8.14. The van der Waals surface area contributed by atoms with Crippen LogP contribution < -0.4 is 10.2 Å². The van der Waals surface area contributed by atoms with Crippen molar-refractivity contribution in [1.82, 2.24) is 9.80 Å². The van der Waals surface area contributed by atoms with Gasteiger partial charge < -0.3 is 18.8 Å². The second kappa shape index (κ2) is 8.65. The zero-order chi connectivity index (χ0) is 23.1. The molecule has 3 aromatic rings. The van der Waals surface area contributed by atoms with Gasteiger partial charge in [0.05, 0.1) is 37.3 Å². The first-order chi connectivity index (χ1) is 16.0. The van der Waals surface area contributed by atoms with E-state index in [-0.39, 0.29) is 17.1 Å². The van der Waals surface area contributed by atoms with Gasteiger partial charge in [-0.25, -0.2) is 0 Å². The number of methoxy groups -OCH3 is 1. The van der Waals surface area contributed by atoms with Crippen LogP contribution >= 0.6 is 0 Å². The molecular weight excluding hydrogens is 420 g/mol. The quantitative estimate of drug-likeness (QED) is 0.597. The highest BCUT2D eigenvalue weighted by molar-refractivity contribution is 5.99. The molecule has 7 heteroatoms. The van der Waals surface area contributed by atoms with Crippen LogP contribution in [-0.4, -0.2) is 62.2 Å². The summed E-state index contributed by atoms with van der Waals surface area (Å²) in [6, 6.07) is 10.7. The lowest BCUT2D eigenvalue weighted by atomic mass is 9.96. The molecule has 3 heterocycles. The van der Waals surface area contributed by atoms with E-state index < -0.39 is 6.04 Å². The van der Waals surface area contributed by atoms with Crippen molar-refractivity contribution in [3.8, 4) is 5.75 Å². The van der Waals surface area contributed by atoms with Gasteiger partial charge in [-0.05, 0) is 43.2 Å². The molecule has 2 aliphatic rings. The number of rotatable bonds is 5. The topological polar surface area (TPSA) is 72.2 Å². The number of aryl methyl sites for hydroxylation is 2. The number of benzene rings is 2. The minimum atomic E-state index is -0.563. The summed E-state index contributed by atoms with van der Waals surface area (Å²) in [5.41, 5.74) is 3.49. The maximum atomic E-state index is 13.8. The Morgan fingerprint density at radius 3 is 2.52 bits per heavy atom. The third kappa shape index (κ3) is 3.71. The molecule has 1 fully saturated rings. The van der Waals surface area contributed by atoms with E-state index in [1.807, 2.05) is 50.2 Å². The van der Waals surface area contributed by atoms with Gasteiger partial charge in [0.15, 0.2) is 5.43 Å². The van der Waals surface area contributed by atoms with Crippen molar-refractivity contribution < 1.29 is 18.7 Å². The average molecular weight is 449 g/mol. The van der Waals surface area contributed by atoms with Gasteiger partial charge in [0.2, 0.25) is 5.76 Å². The largest absolute Gasteiger partial charge is 0.496 e. The van der Waals surface area contributed by atoms with Crippen molar-refractivity contribution in [2.24, 2.45) is 0 Å². The zero-order valence-corrected chi connectivity index (χ0v) is 19.2. The van der Waals surface area contributed by atoms with Crippen LogP contribution in [0.1, 0.15) is 38.9 Å². The van der Waals surface area contributed by atoms with Gasteiger partial charge in [0.1, 0.15) is 11.3 Å². The molecule has 0 unspecified atom stereocenters. The maximum absolute atomic E-state index is 13.8. The van der Waals surface area contributed by atoms with E-state index in [9.17, 15) is 9.59 Å². The molecule has 2 aromatic carbocycles. The van der Waals surface area contributed by atoms with E-state index in [0.29, 0.717) is 48.6 Å². The van der Waals surface area contributed by atoms with Crippen LogP contribution in [0.15, 0.2) is 45.6 Å². The standard InChI is InChI=1S/C26H28N2O5/c1-16-14-19-21(15-17(16)2)33-25-22(24(19)29)23(18-6-4-5-7-20(18)31-3)28(26(25)30)9-8-27-10-12-32-13-11-27/h4-7,14-15,23H,8-13H2,1-3H3/t23-/m1/s1. The van der Waals surface area contributed by atoms with E-state index in [1.165, 1.54) is 0 Å². The van der Waals surface area contributed by atoms with Gasteiger partial charge >= 0.3 is 0 Å². The summed E-state index contributed by atoms with van der Waals surface area (Å²) in [5.74, 6) is 0.513. The van der Waals surface area contributed by atoms with E-state index in [0.717, 1.165) is 29.8 Å². The predicted molar refractivity (Wildman–Crippen MR) is 125 cm³/mol. The van der Waals surface area contributed by atoms with Crippen LogP contribution in [0.5, 0.6) is 5.75 Å². The van der Waals surface area contributed by atoms with E-state index >= 15 is 0 Å². The second-order valence-corrected chi connectivity index (χ2v) is 8.70. The van der Waals surface area contributed by atoms with Gasteiger partial charge in [0.25, 0.3) is 5.91 Å². The van der Waals surface area contributed by atoms with Crippen molar-refractivity contribution in [1.29, 1.82) is 0 Å². The fourth-order valence-electron chi connectivity index (χ4n) is 4.80. The van der Waals surface area contributed by atoms with Crippen LogP contribution in [0.25, 0.3) is 11.0 Å². The van der Waals surface area contributed by atoms with Crippen molar-refractivity contribution in [3.63, 3.8) is 0 Å². The maximum Gasteiger partial charge on any atom is 0.290 e. The highest BCUT2D eigenvalue weighted by Gasteiger charge is 2.43. The molecule has 1 aromatic heterocycles.